The summed E-state index contributed by atoms with van der Waals surface area (Å²) in [6.07, 6.45) is 11.0. The molecule has 0 aromatic heterocycles. The van der Waals surface area contributed by atoms with Gasteiger partial charge in [-0.3, -0.25) is 0 Å². The molecule has 0 aliphatic rings. The average Bonchev–Trinajstić information content (AvgIpc) is 2.48. The van der Waals surface area contributed by atoms with E-state index in [1.165, 1.54) is 68.1 Å². The van der Waals surface area contributed by atoms with Crippen LogP contribution in [0.25, 0.3) is 0 Å². The Morgan fingerprint density at radius 1 is 0.857 bits per heavy atom. The fourth-order valence-electron chi connectivity index (χ4n) is 2.92. The highest BCUT2D eigenvalue weighted by molar-refractivity contribution is 5.31. The van der Waals surface area contributed by atoms with Gasteiger partial charge >= 0.3 is 0 Å². The molecule has 1 rings (SSSR count). The molecule has 1 unspecified atom stereocenters. The van der Waals surface area contributed by atoms with Crippen LogP contribution in [0, 0.1) is 13.8 Å². The maximum absolute atomic E-state index is 3.66. The van der Waals surface area contributed by atoms with Crippen LogP contribution in [0.15, 0.2) is 18.2 Å². The molecule has 1 heteroatoms. The van der Waals surface area contributed by atoms with Crippen LogP contribution in [-0.4, -0.2) is 6.54 Å². The SMILES string of the molecule is CCCCCCCCCC(NCC)c1ccc(C)c(C)c1. The fourth-order valence-corrected chi connectivity index (χ4v) is 2.92. The standard InChI is InChI=1S/C20H35N/c1-5-7-8-9-10-11-12-13-20(21-6-2)19-15-14-17(3)18(4)16-19/h14-16,20-21H,5-13H2,1-4H3. The van der Waals surface area contributed by atoms with Crippen molar-refractivity contribution in [3.8, 4) is 0 Å². The monoisotopic (exact) mass is 289 g/mol. The summed E-state index contributed by atoms with van der Waals surface area (Å²) in [5, 5.41) is 3.66. The number of benzene rings is 1. The molecule has 0 aliphatic heterocycles. The van der Waals surface area contributed by atoms with Gasteiger partial charge in [-0.05, 0) is 43.5 Å². The molecular formula is C20H35N. The Balaban J connectivity index is 2.37. The topological polar surface area (TPSA) is 12.0 Å². The highest BCUT2D eigenvalue weighted by Gasteiger charge is 2.10. The predicted molar refractivity (Wildman–Crippen MR) is 94.9 cm³/mol. The maximum atomic E-state index is 3.66. The first-order chi connectivity index (χ1) is 10.2. The molecule has 0 heterocycles. The van der Waals surface area contributed by atoms with Crippen molar-refractivity contribution in [2.24, 2.45) is 0 Å². The molecule has 0 saturated heterocycles. The zero-order valence-corrected chi connectivity index (χ0v) is 14.7. The van der Waals surface area contributed by atoms with Crippen molar-refractivity contribution in [1.82, 2.24) is 5.32 Å². The Bertz CT molecular complexity index is 383. The molecule has 1 aromatic carbocycles. The van der Waals surface area contributed by atoms with Crippen molar-refractivity contribution in [1.29, 1.82) is 0 Å². The largest absolute Gasteiger partial charge is 0.310 e. The molecule has 0 amide bonds. The first kappa shape index (κ1) is 18.2. The van der Waals surface area contributed by atoms with E-state index in [9.17, 15) is 0 Å². The van der Waals surface area contributed by atoms with Gasteiger partial charge in [0.1, 0.15) is 0 Å². The van der Waals surface area contributed by atoms with E-state index in [4.69, 9.17) is 0 Å². The van der Waals surface area contributed by atoms with E-state index in [0.717, 1.165) is 6.54 Å². The number of rotatable bonds is 11. The van der Waals surface area contributed by atoms with E-state index in [-0.39, 0.29) is 0 Å². The molecule has 1 atom stereocenters. The minimum absolute atomic E-state index is 0.532. The van der Waals surface area contributed by atoms with E-state index in [1.807, 2.05) is 0 Å². The Morgan fingerprint density at radius 3 is 2.14 bits per heavy atom. The van der Waals surface area contributed by atoms with Crippen molar-refractivity contribution < 1.29 is 0 Å². The Kier molecular flexibility index (Phi) is 9.41. The van der Waals surface area contributed by atoms with E-state index >= 15 is 0 Å². The third-order valence-corrected chi connectivity index (χ3v) is 4.48. The van der Waals surface area contributed by atoms with E-state index in [0.29, 0.717) is 6.04 Å². The number of aryl methyl sites for hydroxylation is 2. The Hall–Kier alpha value is -0.820. The van der Waals surface area contributed by atoms with Gasteiger partial charge in [0.2, 0.25) is 0 Å². The first-order valence-corrected chi connectivity index (χ1v) is 8.99. The molecule has 0 aliphatic carbocycles. The van der Waals surface area contributed by atoms with E-state index < -0.39 is 0 Å². The van der Waals surface area contributed by atoms with Crippen molar-refractivity contribution in [3.63, 3.8) is 0 Å². The van der Waals surface area contributed by atoms with Crippen LogP contribution in [0.4, 0.5) is 0 Å². The second kappa shape index (κ2) is 10.8. The molecule has 0 saturated carbocycles. The normalized spacial score (nSPS) is 12.6. The summed E-state index contributed by atoms with van der Waals surface area (Å²) >= 11 is 0. The molecule has 0 spiro atoms. The van der Waals surface area contributed by atoms with E-state index in [1.54, 1.807) is 0 Å². The zero-order chi connectivity index (χ0) is 15.5. The van der Waals surface area contributed by atoms with Gasteiger partial charge < -0.3 is 5.32 Å². The van der Waals surface area contributed by atoms with Crippen molar-refractivity contribution in [2.75, 3.05) is 6.54 Å². The van der Waals surface area contributed by atoms with Crippen LogP contribution in [0.1, 0.15) is 87.9 Å². The maximum Gasteiger partial charge on any atom is 0.0320 e. The molecule has 1 N–H and O–H groups in total. The lowest BCUT2D eigenvalue weighted by molar-refractivity contribution is 0.475. The molecule has 0 radical (unpaired) electrons. The number of hydrogen-bond acceptors (Lipinski definition) is 1. The lowest BCUT2D eigenvalue weighted by Crippen LogP contribution is -2.21. The molecule has 1 aromatic rings. The minimum Gasteiger partial charge on any atom is -0.310 e. The zero-order valence-electron chi connectivity index (χ0n) is 14.7. The summed E-state index contributed by atoms with van der Waals surface area (Å²) < 4.78 is 0. The third kappa shape index (κ3) is 7.13. The minimum atomic E-state index is 0.532. The Labute approximate surface area is 132 Å². The number of hydrogen-bond donors (Lipinski definition) is 1. The van der Waals surface area contributed by atoms with Crippen LogP contribution >= 0.6 is 0 Å². The molecule has 21 heavy (non-hydrogen) atoms. The fraction of sp³-hybridized carbons (Fsp3) is 0.700. The van der Waals surface area contributed by atoms with Gasteiger partial charge in [0.25, 0.3) is 0 Å². The van der Waals surface area contributed by atoms with Crippen molar-refractivity contribution in [2.45, 2.75) is 85.1 Å². The number of unbranched alkanes of at least 4 members (excludes halogenated alkanes) is 6. The lowest BCUT2D eigenvalue weighted by atomic mass is 9.96. The highest BCUT2D eigenvalue weighted by Crippen LogP contribution is 2.22. The van der Waals surface area contributed by atoms with Crippen LogP contribution in [-0.2, 0) is 0 Å². The van der Waals surface area contributed by atoms with Gasteiger partial charge in [0, 0.05) is 6.04 Å². The summed E-state index contributed by atoms with van der Waals surface area (Å²) in [4.78, 5) is 0. The quantitative estimate of drug-likeness (QED) is 0.486. The summed E-state index contributed by atoms with van der Waals surface area (Å²) in [5.74, 6) is 0. The molecule has 0 fully saturated rings. The van der Waals surface area contributed by atoms with Gasteiger partial charge in [0.15, 0.2) is 0 Å². The van der Waals surface area contributed by atoms with Crippen LogP contribution in [0.3, 0.4) is 0 Å². The van der Waals surface area contributed by atoms with Crippen LogP contribution in [0.2, 0.25) is 0 Å². The van der Waals surface area contributed by atoms with Gasteiger partial charge in [-0.25, -0.2) is 0 Å². The van der Waals surface area contributed by atoms with Crippen LogP contribution in [0.5, 0.6) is 0 Å². The number of nitrogens with one attached hydrogen (secondary N) is 1. The van der Waals surface area contributed by atoms with E-state index in [2.05, 4.69) is 51.2 Å². The Morgan fingerprint density at radius 2 is 1.52 bits per heavy atom. The smallest absolute Gasteiger partial charge is 0.0320 e. The molecule has 120 valence electrons. The lowest BCUT2D eigenvalue weighted by Gasteiger charge is -2.19. The van der Waals surface area contributed by atoms with Gasteiger partial charge in [-0.2, -0.15) is 0 Å². The molecular weight excluding hydrogens is 254 g/mol. The third-order valence-electron chi connectivity index (χ3n) is 4.48. The second-order valence-corrected chi connectivity index (χ2v) is 6.36. The molecule has 1 nitrogen and oxygen atoms in total. The van der Waals surface area contributed by atoms with Gasteiger partial charge in [-0.1, -0.05) is 77.0 Å². The van der Waals surface area contributed by atoms with Gasteiger partial charge in [-0.15, -0.1) is 0 Å². The van der Waals surface area contributed by atoms with Crippen LogP contribution < -0.4 is 5.32 Å². The second-order valence-electron chi connectivity index (χ2n) is 6.36. The molecule has 0 bridgehead atoms. The van der Waals surface area contributed by atoms with Crippen molar-refractivity contribution >= 4 is 0 Å². The predicted octanol–water partition coefficient (Wildman–Crippen LogP) is 6.09. The van der Waals surface area contributed by atoms with Crippen molar-refractivity contribution in [3.05, 3.63) is 34.9 Å². The summed E-state index contributed by atoms with van der Waals surface area (Å²) in [6, 6.07) is 7.46. The summed E-state index contributed by atoms with van der Waals surface area (Å²) in [6.45, 7) is 9.95. The first-order valence-electron chi connectivity index (χ1n) is 8.99. The summed E-state index contributed by atoms with van der Waals surface area (Å²) in [5.41, 5.74) is 4.27. The average molecular weight is 290 g/mol. The highest BCUT2D eigenvalue weighted by atomic mass is 14.9. The van der Waals surface area contributed by atoms with Gasteiger partial charge in [0.05, 0.1) is 0 Å². The summed E-state index contributed by atoms with van der Waals surface area (Å²) in [7, 11) is 0.